The number of carbonyl (C=O) groups excluding carboxylic acids is 1. The van der Waals surface area contributed by atoms with Crippen LogP contribution in [-0.2, 0) is 14.3 Å². The molecule has 1 heterocycles. The van der Waals surface area contributed by atoms with E-state index in [1.807, 2.05) is 6.92 Å². The van der Waals surface area contributed by atoms with E-state index in [1.165, 1.54) is 0 Å². The first-order valence-electron chi connectivity index (χ1n) is 4.21. The van der Waals surface area contributed by atoms with Gasteiger partial charge in [0.05, 0.1) is 19.6 Å². The number of hydrogen-bond donors (Lipinski definition) is 1. The van der Waals surface area contributed by atoms with Gasteiger partial charge >= 0.3 is 5.97 Å². The summed E-state index contributed by atoms with van der Waals surface area (Å²) in [6.07, 6.45) is 0.279. The van der Waals surface area contributed by atoms with Crippen molar-refractivity contribution in [3.8, 4) is 0 Å². The van der Waals surface area contributed by atoms with Gasteiger partial charge in [0.2, 0.25) is 0 Å². The molecule has 0 radical (unpaired) electrons. The molecular formula is C8H15NO3. The SMILES string of the molecule is CCOC(=O)CC1(C)NCCO1. The van der Waals surface area contributed by atoms with Crippen LogP contribution in [-0.4, -0.2) is 31.5 Å². The molecule has 1 N–H and O–H groups in total. The van der Waals surface area contributed by atoms with Crippen LogP contribution < -0.4 is 5.32 Å². The van der Waals surface area contributed by atoms with Gasteiger partial charge in [-0.3, -0.25) is 10.1 Å². The lowest BCUT2D eigenvalue weighted by atomic mass is 10.2. The van der Waals surface area contributed by atoms with E-state index < -0.39 is 5.72 Å². The number of nitrogens with one attached hydrogen (secondary N) is 1. The molecule has 1 unspecified atom stereocenters. The molecule has 0 aromatic rings. The Morgan fingerprint density at radius 3 is 3.00 bits per heavy atom. The third kappa shape index (κ3) is 2.46. The summed E-state index contributed by atoms with van der Waals surface area (Å²) in [5.41, 5.74) is -0.508. The zero-order valence-corrected chi connectivity index (χ0v) is 7.55. The molecule has 0 bridgehead atoms. The predicted octanol–water partition coefficient (Wildman–Crippen LogP) is 0.276. The average Bonchev–Trinajstić information content (AvgIpc) is 2.36. The van der Waals surface area contributed by atoms with E-state index in [4.69, 9.17) is 9.47 Å². The van der Waals surface area contributed by atoms with Gasteiger partial charge in [-0.2, -0.15) is 0 Å². The Kier molecular flexibility index (Phi) is 3.05. The molecule has 1 fully saturated rings. The van der Waals surface area contributed by atoms with Crippen LogP contribution in [0.25, 0.3) is 0 Å². The second kappa shape index (κ2) is 3.87. The van der Waals surface area contributed by atoms with E-state index in [2.05, 4.69) is 5.32 Å². The van der Waals surface area contributed by atoms with Crippen molar-refractivity contribution in [2.24, 2.45) is 0 Å². The summed E-state index contributed by atoms with van der Waals surface area (Å²) >= 11 is 0. The minimum absolute atomic E-state index is 0.214. The van der Waals surface area contributed by atoms with E-state index in [9.17, 15) is 4.79 Å². The lowest BCUT2D eigenvalue weighted by Crippen LogP contribution is -2.40. The fraction of sp³-hybridized carbons (Fsp3) is 0.875. The Morgan fingerprint density at radius 1 is 1.75 bits per heavy atom. The summed E-state index contributed by atoms with van der Waals surface area (Å²) in [4.78, 5) is 11.1. The number of ether oxygens (including phenoxy) is 2. The van der Waals surface area contributed by atoms with Gasteiger partial charge in [0.1, 0.15) is 5.72 Å². The van der Waals surface area contributed by atoms with Crippen LogP contribution in [0.4, 0.5) is 0 Å². The molecule has 1 aliphatic rings. The van der Waals surface area contributed by atoms with Crippen LogP contribution in [0, 0.1) is 0 Å². The molecule has 0 aromatic carbocycles. The first-order valence-corrected chi connectivity index (χ1v) is 4.21. The molecule has 1 atom stereocenters. The molecule has 0 saturated carbocycles. The second-order valence-corrected chi connectivity index (χ2v) is 2.99. The standard InChI is InChI=1S/C8H15NO3/c1-3-11-7(10)6-8(2)9-4-5-12-8/h9H,3-6H2,1-2H3. The van der Waals surface area contributed by atoms with Crippen molar-refractivity contribution in [2.45, 2.75) is 26.0 Å². The summed E-state index contributed by atoms with van der Waals surface area (Å²) in [7, 11) is 0. The fourth-order valence-electron chi connectivity index (χ4n) is 1.24. The summed E-state index contributed by atoms with van der Waals surface area (Å²) in [5, 5.41) is 3.10. The number of esters is 1. The molecular weight excluding hydrogens is 158 g/mol. The van der Waals surface area contributed by atoms with Crippen LogP contribution in [0.15, 0.2) is 0 Å². The van der Waals surface area contributed by atoms with Crippen LogP contribution in [0.1, 0.15) is 20.3 Å². The maximum atomic E-state index is 11.1. The third-order valence-corrected chi connectivity index (χ3v) is 1.81. The van der Waals surface area contributed by atoms with Crippen LogP contribution >= 0.6 is 0 Å². The van der Waals surface area contributed by atoms with Crippen molar-refractivity contribution in [1.82, 2.24) is 5.32 Å². The Morgan fingerprint density at radius 2 is 2.50 bits per heavy atom. The highest BCUT2D eigenvalue weighted by Gasteiger charge is 2.32. The van der Waals surface area contributed by atoms with Gasteiger partial charge in [0, 0.05) is 6.54 Å². The fourth-order valence-corrected chi connectivity index (χ4v) is 1.24. The maximum absolute atomic E-state index is 11.1. The zero-order valence-electron chi connectivity index (χ0n) is 7.55. The Bertz CT molecular complexity index is 164. The summed E-state index contributed by atoms with van der Waals surface area (Å²) < 4.78 is 10.2. The summed E-state index contributed by atoms with van der Waals surface area (Å²) in [6, 6.07) is 0. The molecule has 70 valence electrons. The van der Waals surface area contributed by atoms with Crippen molar-refractivity contribution in [3.63, 3.8) is 0 Å². The quantitative estimate of drug-likeness (QED) is 0.622. The molecule has 0 spiro atoms. The van der Waals surface area contributed by atoms with Crippen molar-refractivity contribution in [1.29, 1.82) is 0 Å². The van der Waals surface area contributed by atoms with Crippen LogP contribution in [0.3, 0.4) is 0 Å². The number of hydrogen-bond acceptors (Lipinski definition) is 4. The van der Waals surface area contributed by atoms with E-state index >= 15 is 0 Å². The van der Waals surface area contributed by atoms with Gasteiger partial charge in [0.15, 0.2) is 0 Å². The molecule has 1 saturated heterocycles. The Labute approximate surface area is 72.2 Å². The molecule has 12 heavy (non-hydrogen) atoms. The molecule has 0 aromatic heterocycles. The average molecular weight is 173 g/mol. The van der Waals surface area contributed by atoms with E-state index in [0.29, 0.717) is 13.2 Å². The largest absolute Gasteiger partial charge is 0.466 e. The lowest BCUT2D eigenvalue weighted by molar-refractivity contribution is -0.149. The Hall–Kier alpha value is -0.610. The Balaban J connectivity index is 2.33. The zero-order chi connectivity index (χ0) is 9.03. The normalized spacial score (nSPS) is 28.8. The van der Waals surface area contributed by atoms with E-state index in [1.54, 1.807) is 6.92 Å². The van der Waals surface area contributed by atoms with E-state index in [-0.39, 0.29) is 12.4 Å². The molecule has 1 rings (SSSR count). The van der Waals surface area contributed by atoms with Crippen LogP contribution in [0.5, 0.6) is 0 Å². The van der Waals surface area contributed by atoms with Gasteiger partial charge < -0.3 is 9.47 Å². The first-order chi connectivity index (χ1) is 5.66. The van der Waals surface area contributed by atoms with E-state index in [0.717, 1.165) is 6.54 Å². The minimum Gasteiger partial charge on any atom is -0.466 e. The molecule has 1 aliphatic heterocycles. The molecule has 0 aliphatic carbocycles. The monoisotopic (exact) mass is 173 g/mol. The molecule has 0 amide bonds. The smallest absolute Gasteiger partial charge is 0.310 e. The topological polar surface area (TPSA) is 47.6 Å². The number of carbonyl (C=O) groups is 1. The van der Waals surface area contributed by atoms with Crippen LogP contribution in [0.2, 0.25) is 0 Å². The van der Waals surface area contributed by atoms with Crippen molar-refractivity contribution in [3.05, 3.63) is 0 Å². The summed E-state index contributed by atoms with van der Waals surface area (Å²) in [6.45, 7) is 5.54. The third-order valence-electron chi connectivity index (χ3n) is 1.81. The highest BCUT2D eigenvalue weighted by Crippen LogP contribution is 2.16. The highest BCUT2D eigenvalue weighted by molar-refractivity contribution is 5.70. The first kappa shape index (κ1) is 9.48. The van der Waals surface area contributed by atoms with Crippen molar-refractivity contribution in [2.75, 3.05) is 19.8 Å². The van der Waals surface area contributed by atoms with Gasteiger partial charge in [-0.25, -0.2) is 0 Å². The van der Waals surface area contributed by atoms with Gasteiger partial charge in [-0.1, -0.05) is 0 Å². The molecule has 4 heteroatoms. The lowest BCUT2D eigenvalue weighted by Gasteiger charge is -2.21. The number of rotatable bonds is 3. The summed E-state index contributed by atoms with van der Waals surface area (Å²) in [5.74, 6) is -0.214. The molecule has 4 nitrogen and oxygen atoms in total. The minimum atomic E-state index is -0.508. The predicted molar refractivity (Wildman–Crippen MR) is 43.6 cm³/mol. The van der Waals surface area contributed by atoms with Crippen molar-refractivity contribution < 1.29 is 14.3 Å². The van der Waals surface area contributed by atoms with Crippen molar-refractivity contribution >= 4 is 5.97 Å². The van der Waals surface area contributed by atoms with Gasteiger partial charge in [-0.15, -0.1) is 0 Å². The highest BCUT2D eigenvalue weighted by atomic mass is 16.5. The second-order valence-electron chi connectivity index (χ2n) is 2.99. The van der Waals surface area contributed by atoms with Gasteiger partial charge in [0.25, 0.3) is 0 Å². The maximum Gasteiger partial charge on any atom is 0.310 e. The van der Waals surface area contributed by atoms with Gasteiger partial charge in [-0.05, 0) is 13.8 Å².